The van der Waals surface area contributed by atoms with Crippen LogP contribution in [0.25, 0.3) is 11.1 Å². The van der Waals surface area contributed by atoms with E-state index in [9.17, 15) is 4.79 Å². The summed E-state index contributed by atoms with van der Waals surface area (Å²) >= 11 is 0. The van der Waals surface area contributed by atoms with E-state index in [0.29, 0.717) is 5.69 Å². The fourth-order valence-electron chi connectivity index (χ4n) is 3.52. The van der Waals surface area contributed by atoms with Crippen LogP contribution >= 0.6 is 0 Å². The number of fused-ring (bicyclic) bond motifs is 1. The van der Waals surface area contributed by atoms with E-state index >= 15 is 0 Å². The van der Waals surface area contributed by atoms with Gasteiger partial charge in [-0.15, -0.1) is 0 Å². The molecule has 0 radical (unpaired) electrons. The van der Waals surface area contributed by atoms with Crippen molar-refractivity contribution >= 4 is 5.78 Å². The van der Waals surface area contributed by atoms with E-state index in [2.05, 4.69) is 37.0 Å². The third-order valence-electron chi connectivity index (χ3n) is 4.84. The summed E-state index contributed by atoms with van der Waals surface area (Å²) in [5, 5.41) is 0. The van der Waals surface area contributed by atoms with E-state index in [4.69, 9.17) is 0 Å². The highest BCUT2D eigenvalue weighted by Crippen LogP contribution is 2.32. The number of nitrogens with zero attached hydrogens (tertiary/aromatic N) is 1. The van der Waals surface area contributed by atoms with Crippen molar-refractivity contribution in [3.63, 3.8) is 0 Å². The maximum absolute atomic E-state index is 11.9. The van der Waals surface area contributed by atoms with Gasteiger partial charge in [0.1, 0.15) is 5.69 Å². The average Bonchev–Trinajstić information content (AvgIpc) is 2.56. The van der Waals surface area contributed by atoms with Gasteiger partial charge in [-0.25, -0.2) is 4.98 Å². The maximum atomic E-state index is 11.9. The summed E-state index contributed by atoms with van der Waals surface area (Å²) in [5.41, 5.74) is 8.32. The summed E-state index contributed by atoms with van der Waals surface area (Å²) in [6.07, 6.45) is 6.72. The van der Waals surface area contributed by atoms with Crippen LogP contribution in [0.1, 0.15) is 66.0 Å². The quantitative estimate of drug-likeness (QED) is 0.736. The lowest BCUT2D eigenvalue weighted by atomic mass is 9.87. The molecular weight excluding hydrogens is 282 g/mol. The highest BCUT2D eigenvalue weighted by Gasteiger charge is 2.19. The smallest absolute Gasteiger partial charge is 0.178 e. The third kappa shape index (κ3) is 3.21. The molecule has 0 saturated carbocycles. The Morgan fingerprint density at radius 2 is 1.96 bits per heavy atom. The van der Waals surface area contributed by atoms with Gasteiger partial charge in [0.15, 0.2) is 5.78 Å². The number of rotatable bonds is 4. The molecule has 3 rings (SSSR count). The fourth-order valence-corrected chi connectivity index (χ4v) is 3.52. The molecule has 0 aliphatic heterocycles. The van der Waals surface area contributed by atoms with Crippen LogP contribution in [-0.4, -0.2) is 10.8 Å². The van der Waals surface area contributed by atoms with Crippen molar-refractivity contribution in [1.29, 1.82) is 0 Å². The summed E-state index contributed by atoms with van der Waals surface area (Å²) in [7, 11) is 0. The van der Waals surface area contributed by atoms with Crippen molar-refractivity contribution in [3.05, 3.63) is 52.3 Å². The Morgan fingerprint density at radius 1 is 1.17 bits per heavy atom. The Hall–Kier alpha value is -1.96. The fraction of sp³-hybridized carbons (Fsp3) is 0.429. The lowest BCUT2D eigenvalue weighted by Crippen LogP contribution is -2.11. The number of pyridine rings is 1. The van der Waals surface area contributed by atoms with Crippen molar-refractivity contribution < 1.29 is 4.79 Å². The van der Waals surface area contributed by atoms with Gasteiger partial charge in [-0.2, -0.15) is 0 Å². The molecule has 1 heterocycles. The molecule has 2 aromatic rings. The maximum Gasteiger partial charge on any atom is 0.178 e. The molecule has 0 atom stereocenters. The minimum absolute atomic E-state index is 0.0560. The highest BCUT2D eigenvalue weighted by atomic mass is 16.1. The molecule has 1 aromatic heterocycles. The predicted octanol–water partition coefficient (Wildman–Crippen LogP) is 5.09. The van der Waals surface area contributed by atoms with Crippen LogP contribution in [0.3, 0.4) is 0 Å². The van der Waals surface area contributed by atoms with Gasteiger partial charge in [0.2, 0.25) is 0 Å². The summed E-state index contributed by atoms with van der Waals surface area (Å²) < 4.78 is 0. The number of hydrogen-bond acceptors (Lipinski definition) is 2. The third-order valence-corrected chi connectivity index (χ3v) is 4.84. The number of benzene rings is 1. The largest absolute Gasteiger partial charge is 0.293 e. The molecule has 2 heteroatoms. The van der Waals surface area contributed by atoms with Crippen LogP contribution in [0.2, 0.25) is 0 Å². The minimum atomic E-state index is 0.0560. The number of ketones is 1. The normalized spacial score (nSPS) is 13.7. The molecular formula is C21H25NO. The lowest BCUT2D eigenvalue weighted by molar-refractivity contribution is 0.101. The van der Waals surface area contributed by atoms with Gasteiger partial charge in [0.05, 0.1) is 0 Å². The van der Waals surface area contributed by atoms with Gasteiger partial charge in [-0.3, -0.25) is 4.79 Å². The van der Waals surface area contributed by atoms with Crippen LogP contribution in [0, 0.1) is 6.92 Å². The number of aryl methyl sites for hydroxylation is 3. The van der Waals surface area contributed by atoms with E-state index < -0.39 is 0 Å². The van der Waals surface area contributed by atoms with Gasteiger partial charge in [-0.05, 0) is 72.9 Å². The molecule has 1 aliphatic carbocycles. The first-order valence-electron chi connectivity index (χ1n) is 8.73. The van der Waals surface area contributed by atoms with Crippen molar-refractivity contribution in [1.82, 2.24) is 4.98 Å². The van der Waals surface area contributed by atoms with Gasteiger partial charge in [0, 0.05) is 12.6 Å². The first kappa shape index (κ1) is 15.9. The molecule has 0 saturated heterocycles. The van der Waals surface area contributed by atoms with Gasteiger partial charge in [-0.1, -0.05) is 31.5 Å². The second-order valence-electron chi connectivity index (χ2n) is 6.63. The molecule has 1 aromatic carbocycles. The Balaban J connectivity index is 2.16. The summed E-state index contributed by atoms with van der Waals surface area (Å²) in [6, 6.07) is 8.73. The molecule has 0 unspecified atom stereocenters. The van der Waals surface area contributed by atoms with E-state index in [-0.39, 0.29) is 5.78 Å². The minimum Gasteiger partial charge on any atom is -0.293 e. The molecule has 0 fully saturated rings. The number of carbonyl (C=O) groups is 1. The summed E-state index contributed by atoms with van der Waals surface area (Å²) in [4.78, 5) is 16.5. The molecule has 120 valence electrons. The van der Waals surface area contributed by atoms with E-state index in [1.807, 2.05) is 6.07 Å². The Morgan fingerprint density at radius 3 is 2.70 bits per heavy atom. The molecule has 0 bridgehead atoms. The van der Waals surface area contributed by atoms with Crippen LogP contribution in [-0.2, 0) is 19.3 Å². The average molecular weight is 307 g/mol. The first-order chi connectivity index (χ1) is 11.1. The lowest BCUT2D eigenvalue weighted by Gasteiger charge is -2.20. The number of aromatic nitrogens is 1. The Bertz CT molecular complexity index is 746. The molecule has 0 N–H and O–H groups in total. The van der Waals surface area contributed by atoms with Crippen LogP contribution in [0.5, 0.6) is 0 Å². The zero-order chi connectivity index (χ0) is 16.4. The first-order valence-corrected chi connectivity index (χ1v) is 8.73. The molecule has 0 amide bonds. The van der Waals surface area contributed by atoms with Crippen LogP contribution in [0.15, 0.2) is 24.3 Å². The number of carbonyl (C=O) groups excluding carboxylic acids is 1. The molecule has 23 heavy (non-hydrogen) atoms. The predicted molar refractivity (Wildman–Crippen MR) is 95.1 cm³/mol. The standard InChI is InChI=1S/C21H25NO/c1-4-7-16-12-17(11-10-14(16)2)19-13-21(15(3)23)22-20-9-6-5-8-18(19)20/h10-13H,4-9H2,1-3H3. The zero-order valence-corrected chi connectivity index (χ0v) is 14.4. The topological polar surface area (TPSA) is 30.0 Å². The molecule has 1 aliphatic rings. The monoisotopic (exact) mass is 307 g/mol. The Kier molecular flexibility index (Phi) is 4.61. The molecule has 2 nitrogen and oxygen atoms in total. The van der Waals surface area contributed by atoms with E-state index in [1.165, 1.54) is 40.7 Å². The van der Waals surface area contributed by atoms with Gasteiger partial charge < -0.3 is 0 Å². The van der Waals surface area contributed by atoms with E-state index in [1.54, 1.807) is 6.92 Å². The van der Waals surface area contributed by atoms with E-state index in [0.717, 1.165) is 31.4 Å². The highest BCUT2D eigenvalue weighted by molar-refractivity contribution is 5.94. The summed E-state index contributed by atoms with van der Waals surface area (Å²) in [5.74, 6) is 0.0560. The van der Waals surface area contributed by atoms with Crippen LogP contribution in [0.4, 0.5) is 0 Å². The van der Waals surface area contributed by atoms with Crippen molar-refractivity contribution in [2.75, 3.05) is 0 Å². The Labute approximate surface area is 139 Å². The van der Waals surface area contributed by atoms with Crippen molar-refractivity contribution in [3.8, 4) is 11.1 Å². The van der Waals surface area contributed by atoms with Crippen molar-refractivity contribution in [2.45, 2.75) is 59.3 Å². The van der Waals surface area contributed by atoms with Crippen molar-refractivity contribution in [2.24, 2.45) is 0 Å². The number of Topliss-reactive ketones (excluding diaryl/α,β-unsaturated/α-hetero) is 1. The second kappa shape index (κ2) is 6.66. The zero-order valence-electron chi connectivity index (χ0n) is 14.4. The SMILES string of the molecule is CCCc1cc(-c2cc(C(C)=O)nc3c2CCCC3)ccc1C. The second-order valence-corrected chi connectivity index (χ2v) is 6.63. The van der Waals surface area contributed by atoms with Gasteiger partial charge in [0.25, 0.3) is 0 Å². The summed E-state index contributed by atoms with van der Waals surface area (Å²) in [6.45, 7) is 6.01. The molecule has 0 spiro atoms. The van der Waals surface area contributed by atoms with Gasteiger partial charge >= 0.3 is 0 Å². The number of hydrogen-bond donors (Lipinski definition) is 0. The van der Waals surface area contributed by atoms with Crippen LogP contribution < -0.4 is 0 Å².